The number of likely N-dealkylation sites (N-methyl/N-ethyl adjacent to an activating group) is 1. The Kier molecular flexibility index (Phi) is 6.70. The summed E-state index contributed by atoms with van der Waals surface area (Å²) >= 11 is 0. The number of anilines is 1. The third kappa shape index (κ3) is 4.80. The molecule has 0 aliphatic carbocycles. The molecule has 140 valence electrons. The Morgan fingerprint density at radius 1 is 1.12 bits per heavy atom. The van der Waals surface area contributed by atoms with Crippen molar-refractivity contribution < 1.29 is 22.3 Å². The minimum absolute atomic E-state index is 0.00650. The quantitative estimate of drug-likeness (QED) is 0.764. The number of carbonyl (C=O) groups excluding carboxylic acids is 1. The number of hydrogen-bond acceptors (Lipinski definition) is 4. The van der Waals surface area contributed by atoms with Crippen LogP contribution in [0.2, 0.25) is 0 Å². The number of hydrogen-bond donors (Lipinski definition) is 1. The Bertz CT molecular complexity index is 854. The number of nitrogens with one attached hydrogen (secondary N) is 1. The van der Waals surface area contributed by atoms with Crippen LogP contribution in [0.25, 0.3) is 0 Å². The topological polar surface area (TPSA) is 75.7 Å². The highest BCUT2D eigenvalue weighted by atomic mass is 32.2. The summed E-state index contributed by atoms with van der Waals surface area (Å²) in [7, 11) is -3.86. The fourth-order valence-corrected chi connectivity index (χ4v) is 3.71. The van der Waals surface area contributed by atoms with Gasteiger partial charge in [-0.3, -0.25) is 4.79 Å². The van der Waals surface area contributed by atoms with Crippen LogP contribution < -0.4 is 10.1 Å². The molecule has 0 spiro atoms. The van der Waals surface area contributed by atoms with Crippen LogP contribution in [-0.4, -0.2) is 38.3 Å². The molecule has 0 bridgehead atoms. The van der Waals surface area contributed by atoms with E-state index in [1.807, 2.05) is 6.92 Å². The summed E-state index contributed by atoms with van der Waals surface area (Å²) in [5.41, 5.74) is 0.00650. The van der Waals surface area contributed by atoms with Gasteiger partial charge in [-0.15, -0.1) is 0 Å². The van der Waals surface area contributed by atoms with Crippen molar-refractivity contribution in [3.05, 3.63) is 54.3 Å². The molecule has 2 aromatic carbocycles. The van der Waals surface area contributed by atoms with Crippen molar-refractivity contribution in [2.24, 2.45) is 0 Å². The lowest BCUT2D eigenvalue weighted by atomic mass is 10.3. The predicted molar refractivity (Wildman–Crippen MR) is 97.1 cm³/mol. The van der Waals surface area contributed by atoms with Crippen molar-refractivity contribution in [1.82, 2.24) is 4.31 Å². The maximum atomic E-state index is 13.6. The zero-order chi connectivity index (χ0) is 19.2. The summed E-state index contributed by atoms with van der Waals surface area (Å²) in [6.07, 6.45) is 0. The Labute approximate surface area is 152 Å². The van der Waals surface area contributed by atoms with Gasteiger partial charge in [0.25, 0.3) is 0 Å². The van der Waals surface area contributed by atoms with Gasteiger partial charge < -0.3 is 10.1 Å². The first kappa shape index (κ1) is 19.9. The molecule has 0 radical (unpaired) electrons. The maximum absolute atomic E-state index is 13.6. The van der Waals surface area contributed by atoms with Crippen molar-refractivity contribution in [3.8, 4) is 5.75 Å². The second-order valence-corrected chi connectivity index (χ2v) is 7.30. The van der Waals surface area contributed by atoms with E-state index in [2.05, 4.69) is 5.32 Å². The smallest absolute Gasteiger partial charge is 0.243 e. The molecule has 8 heteroatoms. The van der Waals surface area contributed by atoms with Crippen LogP contribution in [0, 0.1) is 5.82 Å². The fourth-order valence-electron chi connectivity index (χ4n) is 2.30. The number of halogens is 1. The molecule has 2 aromatic rings. The van der Waals surface area contributed by atoms with Crippen LogP contribution in [0.15, 0.2) is 53.4 Å². The van der Waals surface area contributed by atoms with Gasteiger partial charge in [0.1, 0.15) is 11.6 Å². The molecule has 0 saturated heterocycles. The van der Waals surface area contributed by atoms with Gasteiger partial charge in [0.05, 0.1) is 23.7 Å². The van der Waals surface area contributed by atoms with Crippen LogP contribution in [0.3, 0.4) is 0 Å². The number of nitrogens with zero attached hydrogens (tertiary/aromatic N) is 1. The molecule has 2 rings (SSSR count). The largest absolute Gasteiger partial charge is 0.494 e. The first-order chi connectivity index (χ1) is 12.4. The Morgan fingerprint density at radius 2 is 1.77 bits per heavy atom. The van der Waals surface area contributed by atoms with Crippen molar-refractivity contribution in [2.45, 2.75) is 18.7 Å². The lowest BCUT2D eigenvalue weighted by Gasteiger charge is -2.20. The van der Waals surface area contributed by atoms with Gasteiger partial charge in [-0.1, -0.05) is 19.1 Å². The van der Waals surface area contributed by atoms with Gasteiger partial charge in [-0.25, -0.2) is 12.8 Å². The monoisotopic (exact) mass is 380 g/mol. The molecule has 0 aliphatic heterocycles. The molecule has 6 nitrogen and oxygen atoms in total. The molecule has 1 amide bonds. The van der Waals surface area contributed by atoms with Crippen LogP contribution in [0.5, 0.6) is 5.75 Å². The van der Waals surface area contributed by atoms with Crippen LogP contribution >= 0.6 is 0 Å². The molecule has 0 heterocycles. The highest BCUT2D eigenvalue weighted by Gasteiger charge is 2.25. The van der Waals surface area contributed by atoms with Crippen LogP contribution in [0.4, 0.5) is 10.1 Å². The average molecular weight is 380 g/mol. The third-order valence-corrected chi connectivity index (χ3v) is 5.53. The zero-order valence-corrected chi connectivity index (χ0v) is 15.4. The van der Waals surface area contributed by atoms with E-state index in [1.165, 1.54) is 30.3 Å². The Hall–Kier alpha value is -2.45. The number of carbonyl (C=O) groups is 1. The minimum Gasteiger partial charge on any atom is -0.494 e. The zero-order valence-electron chi connectivity index (χ0n) is 14.6. The van der Waals surface area contributed by atoms with Gasteiger partial charge in [0.2, 0.25) is 15.9 Å². The standard InChI is InChI=1S/C18H21FN2O4S/c1-3-21(13-18(22)20-17-8-6-5-7-16(17)19)26(23,24)15-11-9-14(10-12-15)25-4-2/h5-12H,3-4,13H2,1-2H3,(H,20,22). The number of sulfonamides is 1. The van der Waals surface area contributed by atoms with E-state index in [-0.39, 0.29) is 17.1 Å². The first-order valence-corrected chi connectivity index (χ1v) is 9.59. The molecule has 0 aliphatic rings. The second-order valence-electron chi connectivity index (χ2n) is 5.36. The van der Waals surface area contributed by atoms with Gasteiger partial charge >= 0.3 is 0 Å². The molecule has 1 N–H and O–H groups in total. The van der Waals surface area contributed by atoms with Crippen molar-refractivity contribution in [3.63, 3.8) is 0 Å². The summed E-state index contributed by atoms with van der Waals surface area (Å²) in [5.74, 6) is -0.642. The van der Waals surface area contributed by atoms with Crippen LogP contribution in [0.1, 0.15) is 13.8 Å². The third-order valence-electron chi connectivity index (χ3n) is 3.59. The van der Waals surface area contributed by atoms with Crippen molar-refractivity contribution >= 4 is 21.6 Å². The van der Waals surface area contributed by atoms with E-state index in [9.17, 15) is 17.6 Å². The molecule has 0 aromatic heterocycles. The average Bonchev–Trinajstić information content (AvgIpc) is 2.62. The summed E-state index contributed by atoms with van der Waals surface area (Å²) in [4.78, 5) is 12.2. The van der Waals surface area contributed by atoms with Gasteiger partial charge in [0, 0.05) is 6.54 Å². The molecule has 0 fully saturated rings. The van der Waals surface area contributed by atoms with E-state index in [1.54, 1.807) is 25.1 Å². The first-order valence-electron chi connectivity index (χ1n) is 8.15. The van der Waals surface area contributed by atoms with E-state index in [4.69, 9.17) is 4.74 Å². The highest BCUT2D eigenvalue weighted by Crippen LogP contribution is 2.20. The van der Waals surface area contributed by atoms with Gasteiger partial charge in [0.15, 0.2) is 0 Å². The molecule has 0 saturated carbocycles. The fraction of sp³-hybridized carbons (Fsp3) is 0.278. The van der Waals surface area contributed by atoms with Gasteiger partial charge in [-0.2, -0.15) is 4.31 Å². The molecule has 0 unspecified atom stereocenters. The van der Waals surface area contributed by atoms with Crippen molar-refractivity contribution in [1.29, 1.82) is 0 Å². The molecular formula is C18H21FN2O4S. The summed E-state index contributed by atoms with van der Waals surface area (Å²) in [6.45, 7) is 3.62. The van der Waals surface area contributed by atoms with E-state index < -0.39 is 28.3 Å². The van der Waals surface area contributed by atoms with Crippen molar-refractivity contribution in [2.75, 3.05) is 25.0 Å². The lowest BCUT2D eigenvalue weighted by molar-refractivity contribution is -0.116. The Morgan fingerprint density at radius 3 is 2.35 bits per heavy atom. The molecular weight excluding hydrogens is 359 g/mol. The number of para-hydroxylation sites is 1. The van der Waals surface area contributed by atoms with E-state index >= 15 is 0 Å². The second kappa shape index (κ2) is 8.77. The summed E-state index contributed by atoms with van der Waals surface area (Å²) < 4.78 is 45.4. The highest BCUT2D eigenvalue weighted by molar-refractivity contribution is 7.89. The lowest BCUT2D eigenvalue weighted by Crippen LogP contribution is -2.37. The Balaban J connectivity index is 2.13. The number of amides is 1. The van der Waals surface area contributed by atoms with Gasteiger partial charge in [-0.05, 0) is 43.3 Å². The molecule has 0 atom stereocenters. The summed E-state index contributed by atoms with van der Waals surface area (Å²) in [6, 6.07) is 11.7. The predicted octanol–water partition coefficient (Wildman–Crippen LogP) is 2.87. The normalized spacial score (nSPS) is 11.4. The number of ether oxygens (including phenoxy) is 1. The maximum Gasteiger partial charge on any atom is 0.243 e. The summed E-state index contributed by atoms with van der Waals surface area (Å²) in [5, 5.41) is 2.38. The minimum atomic E-state index is -3.86. The number of rotatable bonds is 8. The SMILES string of the molecule is CCOc1ccc(S(=O)(=O)N(CC)CC(=O)Nc2ccccc2F)cc1. The molecule has 26 heavy (non-hydrogen) atoms. The number of benzene rings is 2. The van der Waals surface area contributed by atoms with E-state index in [0.717, 1.165) is 4.31 Å². The van der Waals surface area contributed by atoms with E-state index in [0.29, 0.717) is 12.4 Å². The van der Waals surface area contributed by atoms with Crippen LogP contribution in [-0.2, 0) is 14.8 Å².